The van der Waals surface area contributed by atoms with E-state index in [4.69, 9.17) is 4.74 Å². The molecule has 7 nitrogen and oxygen atoms in total. The molecule has 7 heteroatoms. The quantitative estimate of drug-likeness (QED) is 0.820. The maximum absolute atomic E-state index is 12.6. The fraction of sp³-hybridized carbons (Fsp3) is 0.471. The predicted molar refractivity (Wildman–Crippen MR) is 85.6 cm³/mol. The molecule has 0 radical (unpaired) electrons. The Morgan fingerprint density at radius 2 is 2.08 bits per heavy atom. The van der Waals surface area contributed by atoms with E-state index in [0.29, 0.717) is 24.7 Å². The third-order valence-electron chi connectivity index (χ3n) is 4.70. The molecule has 4 rings (SSSR count). The van der Waals surface area contributed by atoms with Gasteiger partial charge < -0.3 is 9.64 Å². The lowest BCUT2D eigenvalue weighted by molar-refractivity contribution is 0.0756. The van der Waals surface area contributed by atoms with Crippen LogP contribution in [0.4, 0.5) is 0 Å². The summed E-state index contributed by atoms with van der Waals surface area (Å²) >= 11 is 0. The Balaban J connectivity index is 1.56. The third kappa shape index (κ3) is 2.87. The molecule has 2 aliphatic rings. The number of ether oxygens (including phenoxy) is 1. The summed E-state index contributed by atoms with van der Waals surface area (Å²) in [6.07, 6.45) is 8.79. The first-order chi connectivity index (χ1) is 11.8. The van der Waals surface area contributed by atoms with Gasteiger partial charge in [0.1, 0.15) is 12.0 Å². The third-order valence-corrected chi connectivity index (χ3v) is 4.70. The lowest BCUT2D eigenvalue weighted by Gasteiger charge is -2.19. The number of carbonyl (C=O) groups excluding carboxylic acids is 1. The summed E-state index contributed by atoms with van der Waals surface area (Å²) in [6, 6.07) is 0. The fourth-order valence-corrected chi connectivity index (χ4v) is 3.43. The molecule has 0 N–H and O–H groups in total. The number of nitrogens with zero attached hydrogens (tertiary/aromatic N) is 5. The molecular formula is C17H19N5O2. The lowest BCUT2D eigenvalue weighted by atomic mass is 9.96. The van der Waals surface area contributed by atoms with Gasteiger partial charge in [0, 0.05) is 50.1 Å². The molecule has 0 unspecified atom stereocenters. The van der Waals surface area contributed by atoms with Gasteiger partial charge in [0.15, 0.2) is 0 Å². The van der Waals surface area contributed by atoms with Crippen LogP contribution in [0.3, 0.4) is 0 Å². The van der Waals surface area contributed by atoms with Crippen LogP contribution in [0.15, 0.2) is 24.9 Å². The second-order valence-electron chi connectivity index (χ2n) is 6.13. The molecule has 4 heterocycles. The minimum Gasteiger partial charge on any atom is -0.381 e. The lowest BCUT2D eigenvalue weighted by Crippen LogP contribution is -2.34. The molecule has 2 aromatic heterocycles. The molecule has 124 valence electrons. The molecule has 0 saturated carbocycles. The SMILES string of the molecule is O=C(c1cnccn1)N1CCc2ncnc([C@H]3CCOC3)c2CC1. The minimum absolute atomic E-state index is 0.0744. The van der Waals surface area contributed by atoms with Gasteiger partial charge in [-0.3, -0.25) is 9.78 Å². The van der Waals surface area contributed by atoms with E-state index >= 15 is 0 Å². The Kier molecular flexibility index (Phi) is 4.17. The summed E-state index contributed by atoms with van der Waals surface area (Å²) in [7, 11) is 0. The molecule has 2 aliphatic heterocycles. The van der Waals surface area contributed by atoms with Crippen LogP contribution in [0.25, 0.3) is 0 Å². The molecule has 2 aromatic rings. The minimum atomic E-state index is -0.0744. The Morgan fingerprint density at radius 3 is 2.88 bits per heavy atom. The normalized spacial score (nSPS) is 20.5. The van der Waals surface area contributed by atoms with E-state index in [0.717, 1.165) is 43.9 Å². The van der Waals surface area contributed by atoms with E-state index in [-0.39, 0.29) is 5.91 Å². The highest BCUT2D eigenvalue weighted by Gasteiger charge is 2.27. The van der Waals surface area contributed by atoms with Crippen LogP contribution in [0.5, 0.6) is 0 Å². The van der Waals surface area contributed by atoms with Crippen LogP contribution >= 0.6 is 0 Å². The van der Waals surface area contributed by atoms with Crippen LogP contribution in [0.2, 0.25) is 0 Å². The largest absolute Gasteiger partial charge is 0.381 e. The van der Waals surface area contributed by atoms with Crippen molar-refractivity contribution in [3.05, 3.63) is 47.6 Å². The van der Waals surface area contributed by atoms with Crippen molar-refractivity contribution in [1.82, 2.24) is 24.8 Å². The van der Waals surface area contributed by atoms with E-state index in [1.807, 2.05) is 4.90 Å². The number of fused-ring (bicyclic) bond motifs is 1. The predicted octanol–water partition coefficient (Wildman–Crippen LogP) is 1.01. The highest BCUT2D eigenvalue weighted by Crippen LogP contribution is 2.29. The number of carbonyl (C=O) groups is 1. The standard InChI is InChI=1S/C17H19N5O2/c23-17(15-9-18-4-5-19-15)22-6-1-13-14(2-7-22)20-11-21-16(13)12-3-8-24-10-12/h4-5,9,11-12H,1-3,6-8,10H2/t12-/m0/s1. The number of amides is 1. The molecule has 1 saturated heterocycles. The Bertz CT molecular complexity index is 731. The summed E-state index contributed by atoms with van der Waals surface area (Å²) in [6.45, 7) is 2.81. The summed E-state index contributed by atoms with van der Waals surface area (Å²) < 4.78 is 5.51. The Hall–Kier alpha value is -2.41. The van der Waals surface area contributed by atoms with Gasteiger partial charge in [-0.15, -0.1) is 0 Å². The maximum atomic E-state index is 12.6. The zero-order chi connectivity index (χ0) is 16.4. The average molecular weight is 325 g/mol. The summed E-state index contributed by atoms with van der Waals surface area (Å²) in [5.41, 5.74) is 3.74. The van der Waals surface area contributed by atoms with E-state index in [1.54, 1.807) is 18.7 Å². The molecule has 0 bridgehead atoms. The van der Waals surface area contributed by atoms with Gasteiger partial charge in [-0.2, -0.15) is 0 Å². The number of hydrogen-bond acceptors (Lipinski definition) is 6. The van der Waals surface area contributed by atoms with Crippen LogP contribution in [-0.4, -0.2) is 57.0 Å². The van der Waals surface area contributed by atoms with Crippen LogP contribution in [-0.2, 0) is 17.6 Å². The molecule has 1 atom stereocenters. The zero-order valence-corrected chi connectivity index (χ0v) is 13.4. The molecule has 1 amide bonds. The molecule has 1 fully saturated rings. The molecule has 0 spiro atoms. The van der Waals surface area contributed by atoms with Crippen molar-refractivity contribution in [2.24, 2.45) is 0 Å². The molecule has 0 aromatic carbocycles. The van der Waals surface area contributed by atoms with Gasteiger partial charge in [-0.1, -0.05) is 0 Å². The van der Waals surface area contributed by atoms with Crippen LogP contribution in [0.1, 0.15) is 39.8 Å². The van der Waals surface area contributed by atoms with Crippen LogP contribution < -0.4 is 0 Å². The fourth-order valence-electron chi connectivity index (χ4n) is 3.43. The second-order valence-corrected chi connectivity index (χ2v) is 6.13. The highest BCUT2D eigenvalue weighted by atomic mass is 16.5. The van der Waals surface area contributed by atoms with Crippen molar-refractivity contribution < 1.29 is 9.53 Å². The van der Waals surface area contributed by atoms with Crippen molar-refractivity contribution in [2.45, 2.75) is 25.2 Å². The number of aromatic nitrogens is 4. The Labute approximate surface area is 140 Å². The Morgan fingerprint density at radius 1 is 1.17 bits per heavy atom. The van der Waals surface area contributed by atoms with Crippen molar-refractivity contribution in [3.63, 3.8) is 0 Å². The summed E-state index contributed by atoms with van der Waals surface area (Å²) in [5, 5.41) is 0. The van der Waals surface area contributed by atoms with E-state index in [2.05, 4.69) is 19.9 Å². The van der Waals surface area contributed by atoms with Crippen molar-refractivity contribution >= 4 is 5.91 Å². The van der Waals surface area contributed by atoms with Gasteiger partial charge >= 0.3 is 0 Å². The zero-order valence-electron chi connectivity index (χ0n) is 13.4. The smallest absolute Gasteiger partial charge is 0.274 e. The first kappa shape index (κ1) is 15.1. The van der Waals surface area contributed by atoms with Gasteiger partial charge in [-0.05, 0) is 18.4 Å². The molecular weight excluding hydrogens is 306 g/mol. The van der Waals surface area contributed by atoms with E-state index < -0.39 is 0 Å². The van der Waals surface area contributed by atoms with E-state index in [9.17, 15) is 4.79 Å². The van der Waals surface area contributed by atoms with E-state index in [1.165, 1.54) is 11.8 Å². The summed E-state index contributed by atoms with van der Waals surface area (Å²) in [5.74, 6) is 0.276. The van der Waals surface area contributed by atoms with Gasteiger partial charge in [0.2, 0.25) is 0 Å². The number of hydrogen-bond donors (Lipinski definition) is 0. The van der Waals surface area contributed by atoms with Crippen molar-refractivity contribution in [1.29, 1.82) is 0 Å². The first-order valence-electron chi connectivity index (χ1n) is 8.28. The summed E-state index contributed by atoms with van der Waals surface area (Å²) in [4.78, 5) is 31.5. The van der Waals surface area contributed by atoms with Gasteiger partial charge in [0.05, 0.1) is 18.5 Å². The first-order valence-corrected chi connectivity index (χ1v) is 8.28. The van der Waals surface area contributed by atoms with Gasteiger partial charge in [-0.25, -0.2) is 15.0 Å². The topological polar surface area (TPSA) is 81.1 Å². The molecule has 24 heavy (non-hydrogen) atoms. The van der Waals surface area contributed by atoms with Gasteiger partial charge in [0.25, 0.3) is 5.91 Å². The van der Waals surface area contributed by atoms with Crippen LogP contribution in [0, 0.1) is 0 Å². The monoisotopic (exact) mass is 325 g/mol. The molecule has 0 aliphatic carbocycles. The maximum Gasteiger partial charge on any atom is 0.274 e. The second kappa shape index (κ2) is 6.60. The van der Waals surface area contributed by atoms with Crippen molar-refractivity contribution in [3.8, 4) is 0 Å². The average Bonchev–Trinajstić information content (AvgIpc) is 3.08. The number of rotatable bonds is 2. The highest BCUT2D eigenvalue weighted by molar-refractivity contribution is 5.92. The van der Waals surface area contributed by atoms with Crippen molar-refractivity contribution in [2.75, 3.05) is 26.3 Å².